The standard InChI is InChI=1S/C25H29N3O3/c1-18-12-14-28(15-13-18)23(19-6-4-3-5-7-19)17-26-25(29)22-16-24(31-27-22)20-8-10-21(30-2)11-9-20/h3-11,16,18,23H,12-15,17H2,1-2H3,(H,26,29)/t23-/m1/s1. The molecule has 0 bridgehead atoms. The highest BCUT2D eigenvalue weighted by atomic mass is 16.5. The molecule has 0 saturated carbocycles. The lowest BCUT2D eigenvalue weighted by molar-refractivity contribution is 0.0904. The van der Waals surface area contributed by atoms with Crippen LogP contribution in [0.1, 0.15) is 41.9 Å². The van der Waals surface area contributed by atoms with Gasteiger partial charge in [-0.25, -0.2) is 0 Å². The number of aromatic nitrogens is 1. The van der Waals surface area contributed by atoms with E-state index in [1.54, 1.807) is 13.2 Å². The Labute approximate surface area is 183 Å². The quantitative estimate of drug-likeness (QED) is 0.608. The van der Waals surface area contributed by atoms with E-state index in [-0.39, 0.29) is 17.6 Å². The van der Waals surface area contributed by atoms with E-state index in [1.807, 2.05) is 30.3 Å². The molecule has 1 atom stereocenters. The second-order valence-electron chi connectivity index (χ2n) is 8.16. The maximum absolute atomic E-state index is 12.8. The Morgan fingerprint density at radius 1 is 1.16 bits per heavy atom. The van der Waals surface area contributed by atoms with Crippen molar-refractivity contribution in [2.45, 2.75) is 25.8 Å². The summed E-state index contributed by atoms with van der Waals surface area (Å²) in [4.78, 5) is 15.3. The van der Waals surface area contributed by atoms with Crippen LogP contribution in [0.15, 0.2) is 65.2 Å². The van der Waals surface area contributed by atoms with Crippen LogP contribution in [0.5, 0.6) is 5.75 Å². The molecule has 1 N–H and O–H groups in total. The van der Waals surface area contributed by atoms with Crippen LogP contribution in [0.3, 0.4) is 0 Å². The van der Waals surface area contributed by atoms with Crippen LogP contribution in [-0.4, -0.2) is 42.7 Å². The van der Waals surface area contributed by atoms with Gasteiger partial charge in [-0.05, 0) is 61.7 Å². The Bertz CT molecular complexity index is 977. The Morgan fingerprint density at radius 2 is 1.87 bits per heavy atom. The largest absolute Gasteiger partial charge is 0.497 e. The van der Waals surface area contributed by atoms with E-state index in [0.717, 1.165) is 30.3 Å². The Hall–Kier alpha value is -3.12. The topological polar surface area (TPSA) is 67.6 Å². The van der Waals surface area contributed by atoms with Crippen molar-refractivity contribution >= 4 is 5.91 Å². The maximum atomic E-state index is 12.8. The van der Waals surface area contributed by atoms with E-state index in [1.165, 1.54) is 18.4 Å². The minimum atomic E-state index is -0.227. The van der Waals surface area contributed by atoms with Crippen molar-refractivity contribution in [1.29, 1.82) is 0 Å². The van der Waals surface area contributed by atoms with Crippen molar-refractivity contribution in [1.82, 2.24) is 15.4 Å². The van der Waals surface area contributed by atoms with Crippen LogP contribution in [0.4, 0.5) is 0 Å². The molecule has 2 aromatic carbocycles. The summed E-state index contributed by atoms with van der Waals surface area (Å²) >= 11 is 0. The molecule has 1 aliphatic heterocycles. The zero-order valence-corrected chi connectivity index (χ0v) is 18.1. The third-order valence-corrected chi connectivity index (χ3v) is 6.02. The van der Waals surface area contributed by atoms with E-state index in [0.29, 0.717) is 12.3 Å². The number of benzene rings is 2. The third kappa shape index (κ3) is 5.14. The summed E-state index contributed by atoms with van der Waals surface area (Å²) in [5, 5.41) is 7.04. The highest BCUT2D eigenvalue weighted by Gasteiger charge is 2.25. The fraction of sp³-hybridized carbons (Fsp3) is 0.360. The molecule has 0 unspecified atom stereocenters. The minimum absolute atomic E-state index is 0.144. The van der Waals surface area contributed by atoms with Gasteiger partial charge in [0.05, 0.1) is 13.2 Å². The third-order valence-electron chi connectivity index (χ3n) is 6.02. The molecule has 162 valence electrons. The van der Waals surface area contributed by atoms with Crippen molar-refractivity contribution in [3.05, 3.63) is 71.9 Å². The number of methoxy groups -OCH3 is 1. The van der Waals surface area contributed by atoms with Crippen molar-refractivity contribution in [2.24, 2.45) is 5.92 Å². The van der Waals surface area contributed by atoms with Gasteiger partial charge in [-0.2, -0.15) is 0 Å². The van der Waals surface area contributed by atoms with Crippen LogP contribution in [-0.2, 0) is 0 Å². The molecule has 1 aliphatic rings. The summed E-state index contributed by atoms with van der Waals surface area (Å²) in [5.74, 6) is 1.85. The number of hydrogen-bond donors (Lipinski definition) is 1. The molecule has 0 spiro atoms. The van der Waals surface area contributed by atoms with E-state index >= 15 is 0 Å². The van der Waals surface area contributed by atoms with E-state index in [4.69, 9.17) is 9.26 Å². The van der Waals surface area contributed by atoms with Crippen molar-refractivity contribution < 1.29 is 14.1 Å². The Morgan fingerprint density at radius 3 is 2.55 bits per heavy atom. The molecule has 6 heteroatoms. The molecule has 3 aromatic rings. The number of ether oxygens (including phenoxy) is 1. The molecule has 0 radical (unpaired) electrons. The number of carbonyl (C=O) groups excluding carboxylic acids is 1. The summed E-state index contributed by atoms with van der Waals surface area (Å²) in [6.07, 6.45) is 2.37. The lowest BCUT2D eigenvalue weighted by atomic mass is 9.95. The van der Waals surface area contributed by atoms with Gasteiger partial charge in [0.2, 0.25) is 0 Å². The zero-order valence-electron chi connectivity index (χ0n) is 18.1. The second kappa shape index (κ2) is 9.79. The first-order valence-electron chi connectivity index (χ1n) is 10.8. The van der Waals surface area contributed by atoms with Gasteiger partial charge in [0.25, 0.3) is 5.91 Å². The number of piperidine rings is 1. The molecule has 1 fully saturated rings. The highest BCUT2D eigenvalue weighted by molar-refractivity contribution is 5.93. The molecule has 0 aliphatic carbocycles. The Kier molecular flexibility index (Phi) is 6.67. The normalized spacial score (nSPS) is 16.1. The monoisotopic (exact) mass is 419 g/mol. The molecule has 1 saturated heterocycles. The average Bonchev–Trinajstić information content (AvgIpc) is 3.31. The van der Waals surface area contributed by atoms with Crippen LogP contribution < -0.4 is 10.1 Å². The van der Waals surface area contributed by atoms with Crippen molar-refractivity contribution in [3.63, 3.8) is 0 Å². The van der Waals surface area contributed by atoms with Gasteiger partial charge in [-0.1, -0.05) is 42.4 Å². The van der Waals surface area contributed by atoms with Crippen LogP contribution in [0, 0.1) is 5.92 Å². The number of amides is 1. The van der Waals surface area contributed by atoms with Gasteiger partial charge in [0, 0.05) is 18.2 Å². The summed E-state index contributed by atoms with van der Waals surface area (Å²) in [7, 11) is 1.62. The number of nitrogens with one attached hydrogen (secondary N) is 1. The van der Waals surface area contributed by atoms with Crippen LogP contribution in [0.2, 0.25) is 0 Å². The SMILES string of the molecule is COc1ccc(-c2cc(C(=O)NC[C@H](c3ccccc3)N3CCC(C)CC3)no2)cc1. The Balaban J connectivity index is 1.43. The number of carbonyl (C=O) groups is 1. The summed E-state index contributed by atoms with van der Waals surface area (Å²) < 4.78 is 10.6. The maximum Gasteiger partial charge on any atom is 0.273 e. The van der Waals surface area contributed by atoms with Gasteiger partial charge < -0.3 is 14.6 Å². The lowest BCUT2D eigenvalue weighted by Crippen LogP contribution is -2.42. The molecular weight excluding hydrogens is 390 g/mol. The first-order chi connectivity index (χ1) is 15.1. The van der Waals surface area contributed by atoms with Crippen LogP contribution >= 0.6 is 0 Å². The summed E-state index contributed by atoms with van der Waals surface area (Å²) in [5.41, 5.74) is 2.35. The molecule has 1 amide bonds. The number of rotatable bonds is 7. The van der Waals surface area contributed by atoms with Gasteiger partial charge in [0.1, 0.15) is 5.75 Å². The van der Waals surface area contributed by atoms with Gasteiger partial charge in [0.15, 0.2) is 11.5 Å². The fourth-order valence-electron chi connectivity index (χ4n) is 4.03. The molecule has 4 rings (SSSR count). The van der Waals surface area contributed by atoms with E-state index in [9.17, 15) is 4.79 Å². The fourth-order valence-corrected chi connectivity index (χ4v) is 4.03. The lowest BCUT2D eigenvalue weighted by Gasteiger charge is -2.37. The van der Waals surface area contributed by atoms with Crippen molar-refractivity contribution in [3.8, 4) is 17.1 Å². The minimum Gasteiger partial charge on any atom is -0.497 e. The van der Waals surface area contributed by atoms with E-state index in [2.05, 4.69) is 46.6 Å². The average molecular weight is 420 g/mol. The van der Waals surface area contributed by atoms with Crippen LogP contribution in [0.25, 0.3) is 11.3 Å². The zero-order chi connectivity index (χ0) is 21.6. The van der Waals surface area contributed by atoms with E-state index < -0.39 is 0 Å². The molecule has 2 heterocycles. The predicted molar refractivity (Wildman–Crippen MR) is 120 cm³/mol. The first-order valence-corrected chi connectivity index (χ1v) is 10.8. The smallest absolute Gasteiger partial charge is 0.273 e. The molecule has 31 heavy (non-hydrogen) atoms. The summed E-state index contributed by atoms with van der Waals surface area (Å²) in [6.45, 7) is 4.92. The first kappa shape index (κ1) is 21.1. The molecular formula is C25H29N3O3. The number of nitrogens with zero attached hydrogens (tertiary/aromatic N) is 2. The van der Waals surface area contributed by atoms with Gasteiger partial charge in [-0.3, -0.25) is 9.69 Å². The van der Waals surface area contributed by atoms with Gasteiger partial charge >= 0.3 is 0 Å². The molecule has 1 aromatic heterocycles. The van der Waals surface area contributed by atoms with Crippen molar-refractivity contribution in [2.75, 3.05) is 26.7 Å². The number of hydrogen-bond acceptors (Lipinski definition) is 5. The second-order valence-corrected chi connectivity index (χ2v) is 8.16. The molecule has 6 nitrogen and oxygen atoms in total. The number of likely N-dealkylation sites (tertiary alicyclic amines) is 1. The van der Waals surface area contributed by atoms with Gasteiger partial charge in [-0.15, -0.1) is 0 Å². The summed E-state index contributed by atoms with van der Waals surface area (Å²) in [6, 6.07) is 19.7. The predicted octanol–water partition coefficient (Wildman–Crippen LogP) is 4.55. The highest BCUT2D eigenvalue weighted by Crippen LogP contribution is 2.27.